The van der Waals surface area contributed by atoms with Crippen molar-refractivity contribution in [1.29, 1.82) is 0 Å². The largest absolute Gasteiger partial charge is 0.490 e. The molecular formula is C17H23NO2. The normalized spacial score (nSPS) is 27.1. The zero-order valence-electron chi connectivity index (χ0n) is 12.5. The van der Waals surface area contributed by atoms with E-state index in [1.807, 2.05) is 13.8 Å². The van der Waals surface area contributed by atoms with E-state index in [1.54, 1.807) is 0 Å². The minimum atomic E-state index is 0.0717. The molecule has 1 heterocycles. The van der Waals surface area contributed by atoms with Gasteiger partial charge in [0.2, 0.25) is 5.91 Å². The molecule has 1 fully saturated rings. The number of hydrogen-bond donors (Lipinski definition) is 1. The highest BCUT2D eigenvalue weighted by molar-refractivity contribution is 5.77. The Bertz CT molecular complexity index is 524. The maximum atomic E-state index is 11.6. The quantitative estimate of drug-likeness (QED) is 0.916. The predicted molar refractivity (Wildman–Crippen MR) is 78.9 cm³/mol. The van der Waals surface area contributed by atoms with Gasteiger partial charge in [-0.15, -0.1) is 0 Å². The summed E-state index contributed by atoms with van der Waals surface area (Å²) >= 11 is 0. The molecule has 3 nitrogen and oxygen atoms in total. The van der Waals surface area contributed by atoms with Gasteiger partial charge in [0.25, 0.3) is 0 Å². The molecule has 1 amide bonds. The molecule has 1 aromatic carbocycles. The molecule has 20 heavy (non-hydrogen) atoms. The van der Waals surface area contributed by atoms with Gasteiger partial charge in [-0.3, -0.25) is 4.79 Å². The van der Waals surface area contributed by atoms with Crippen LogP contribution in [0.15, 0.2) is 18.2 Å². The van der Waals surface area contributed by atoms with E-state index >= 15 is 0 Å². The maximum absolute atomic E-state index is 11.6. The molecular weight excluding hydrogens is 250 g/mol. The summed E-state index contributed by atoms with van der Waals surface area (Å²) in [4.78, 5) is 11.6. The average molecular weight is 273 g/mol. The number of carbonyl (C=O) groups excluding carboxylic acids is 1. The number of rotatable bonds is 4. The molecule has 3 rings (SSSR count). The van der Waals surface area contributed by atoms with Crippen LogP contribution in [0, 0.1) is 11.8 Å². The summed E-state index contributed by atoms with van der Waals surface area (Å²) in [6, 6.07) is 6.39. The maximum Gasteiger partial charge on any atom is 0.222 e. The van der Waals surface area contributed by atoms with E-state index < -0.39 is 0 Å². The van der Waals surface area contributed by atoms with Gasteiger partial charge >= 0.3 is 0 Å². The van der Waals surface area contributed by atoms with Crippen LogP contribution in [0.5, 0.6) is 5.75 Å². The smallest absolute Gasteiger partial charge is 0.222 e. The van der Waals surface area contributed by atoms with E-state index in [4.69, 9.17) is 4.74 Å². The first-order valence-corrected chi connectivity index (χ1v) is 7.62. The second kappa shape index (κ2) is 5.12. The van der Waals surface area contributed by atoms with Gasteiger partial charge in [-0.2, -0.15) is 0 Å². The highest BCUT2D eigenvalue weighted by atomic mass is 16.5. The average Bonchev–Trinajstić information content (AvgIpc) is 3.07. The van der Waals surface area contributed by atoms with Crippen LogP contribution in [0.1, 0.15) is 44.2 Å². The van der Waals surface area contributed by atoms with Gasteiger partial charge in [-0.25, -0.2) is 0 Å². The fourth-order valence-electron chi connectivity index (χ4n) is 3.09. The molecule has 0 radical (unpaired) electrons. The van der Waals surface area contributed by atoms with Crippen LogP contribution in [0.3, 0.4) is 0 Å². The van der Waals surface area contributed by atoms with Gasteiger partial charge in [-0.05, 0) is 36.8 Å². The summed E-state index contributed by atoms with van der Waals surface area (Å²) in [7, 11) is 0. The SMILES string of the molecule is CC1Cc2c(cccc2C2CC2CNC(=O)C(C)C)O1. The summed E-state index contributed by atoms with van der Waals surface area (Å²) in [6.07, 6.45) is 2.50. The number of carbonyl (C=O) groups is 1. The highest BCUT2D eigenvalue weighted by Crippen LogP contribution is 2.50. The monoisotopic (exact) mass is 273 g/mol. The van der Waals surface area contributed by atoms with E-state index in [0.717, 1.165) is 18.7 Å². The first kappa shape index (κ1) is 13.5. The molecule has 1 N–H and O–H groups in total. The molecule has 0 bridgehead atoms. The van der Waals surface area contributed by atoms with Crippen molar-refractivity contribution < 1.29 is 9.53 Å². The van der Waals surface area contributed by atoms with E-state index in [9.17, 15) is 4.79 Å². The molecule has 1 aromatic rings. The number of fused-ring (bicyclic) bond motifs is 1. The van der Waals surface area contributed by atoms with Crippen LogP contribution in [-0.2, 0) is 11.2 Å². The first-order chi connectivity index (χ1) is 9.56. The summed E-state index contributed by atoms with van der Waals surface area (Å²) in [6.45, 7) is 6.80. The molecule has 0 spiro atoms. The number of nitrogens with one attached hydrogen (secondary N) is 1. The lowest BCUT2D eigenvalue weighted by Gasteiger charge is -2.09. The Morgan fingerprint density at radius 3 is 3.00 bits per heavy atom. The number of amides is 1. The third-order valence-electron chi connectivity index (χ3n) is 4.37. The lowest BCUT2D eigenvalue weighted by molar-refractivity contribution is -0.124. The Morgan fingerprint density at radius 2 is 2.25 bits per heavy atom. The summed E-state index contributed by atoms with van der Waals surface area (Å²) in [5, 5.41) is 3.05. The fraction of sp³-hybridized carbons (Fsp3) is 0.588. The van der Waals surface area contributed by atoms with Crippen molar-refractivity contribution in [2.24, 2.45) is 11.8 Å². The molecule has 3 atom stereocenters. The third-order valence-corrected chi connectivity index (χ3v) is 4.37. The highest BCUT2D eigenvalue weighted by Gasteiger charge is 2.41. The third kappa shape index (κ3) is 2.54. The van der Waals surface area contributed by atoms with E-state index in [1.165, 1.54) is 17.5 Å². The van der Waals surface area contributed by atoms with E-state index in [2.05, 4.69) is 30.4 Å². The Balaban J connectivity index is 1.63. The lowest BCUT2D eigenvalue weighted by Crippen LogP contribution is -2.29. The first-order valence-electron chi connectivity index (χ1n) is 7.62. The van der Waals surface area contributed by atoms with Crippen LogP contribution >= 0.6 is 0 Å². The molecule has 0 aromatic heterocycles. The van der Waals surface area contributed by atoms with Crippen LogP contribution < -0.4 is 10.1 Å². The topological polar surface area (TPSA) is 38.3 Å². The van der Waals surface area contributed by atoms with Crippen LogP contribution in [-0.4, -0.2) is 18.6 Å². The predicted octanol–water partition coefficient (Wildman–Crippen LogP) is 2.89. The molecule has 1 saturated carbocycles. The fourth-order valence-corrected chi connectivity index (χ4v) is 3.09. The summed E-state index contributed by atoms with van der Waals surface area (Å²) < 4.78 is 5.82. The minimum absolute atomic E-state index is 0.0717. The lowest BCUT2D eigenvalue weighted by atomic mass is 9.98. The molecule has 2 aliphatic rings. The van der Waals surface area contributed by atoms with E-state index in [-0.39, 0.29) is 11.8 Å². The molecule has 1 aliphatic heterocycles. The molecule has 1 aliphatic carbocycles. The van der Waals surface area contributed by atoms with Crippen LogP contribution in [0.2, 0.25) is 0 Å². The van der Waals surface area contributed by atoms with Crippen molar-refractivity contribution in [2.75, 3.05) is 6.54 Å². The molecule has 0 saturated heterocycles. The van der Waals surface area contributed by atoms with Gasteiger partial charge in [0.05, 0.1) is 0 Å². The number of ether oxygens (including phenoxy) is 1. The van der Waals surface area contributed by atoms with Crippen molar-refractivity contribution in [3.8, 4) is 5.75 Å². The second-order valence-electron chi connectivity index (χ2n) is 6.46. The molecule has 3 unspecified atom stereocenters. The Morgan fingerprint density at radius 1 is 1.45 bits per heavy atom. The Kier molecular flexibility index (Phi) is 3.45. The molecule has 3 heteroatoms. The van der Waals surface area contributed by atoms with Gasteiger partial charge < -0.3 is 10.1 Å². The second-order valence-corrected chi connectivity index (χ2v) is 6.46. The van der Waals surface area contributed by atoms with Gasteiger partial charge in [0.15, 0.2) is 0 Å². The van der Waals surface area contributed by atoms with Crippen molar-refractivity contribution in [3.05, 3.63) is 29.3 Å². The van der Waals surface area contributed by atoms with Gasteiger partial charge in [0.1, 0.15) is 11.9 Å². The van der Waals surface area contributed by atoms with Crippen molar-refractivity contribution in [1.82, 2.24) is 5.32 Å². The Labute approximate surface area is 120 Å². The van der Waals surface area contributed by atoms with Crippen molar-refractivity contribution >= 4 is 5.91 Å². The number of benzene rings is 1. The number of hydrogen-bond acceptors (Lipinski definition) is 2. The van der Waals surface area contributed by atoms with Gasteiger partial charge in [-0.1, -0.05) is 26.0 Å². The summed E-state index contributed by atoms with van der Waals surface area (Å²) in [5.74, 6) is 2.49. The van der Waals surface area contributed by atoms with Gasteiger partial charge in [0, 0.05) is 24.4 Å². The van der Waals surface area contributed by atoms with Crippen molar-refractivity contribution in [3.63, 3.8) is 0 Å². The van der Waals surface area contributed by atoms with Crippen LogP contribution in [0.4, 0.5) is 0 Å². The van der Waals surface area contributed by atoms with Crippen LogP contribution in [0.25, 0.3) is 0 Å². The molecule has 108 valence electrons. The minimum Gasteiger partial charge on any atom is -0.490 e. The summed E-state index contributed by atoms with van der Waals surface area (Å²) in [5.41, 5.74) is 2.83. The standard InChI is InChI=1S/C17H23NO2/c1-10(2)17(19)18-9-12-8-14(12)13-5-4-6-16-15(13)7-11(3)20-16/h4-6,10-12,14H,7-9H2,1-3H3,(H,18,19). The zero-order chi connectivity index (χ0) is 14.3. The van der Waals surface area contributed by atoms with Crippen molar-refractivity contribution in [2.45, 2.75) is 45.6 Å². The zero-order valence-corrected chi connectivity index (χ0v) is 12.5. The Hall–Kier alpha value is -1.51. The van der Waals surface area contributed by atoms with E-state index in [0.29, 0.717) is 17.9 Å².